The molecule has 0 radical (unpaired) electrons. The van der Waals surface area contributed by atoms with E-state index in [9.17, 15) is 14.7 Å². The third-order valence-electron chi connectivity index (χ3n) is 5.17. The molecule has 1 fully saturated rings. The summed E-state index contributed by atoms with van der Waals surface area (Å²) >= 11 is 12.3. The van der Waals surface area contributed by atoms with Crippen LogP contribution in [0.3, 0.4) is 0 Å². The van der Waals surface area contributed by atoms with Crippen LogP contribution in [0.1, 0.15) is 51.0 Å². The van der Waals surface area contributed by atoms with Gasteiger partial charge in [0.05, 0.1) is 16.5 Å². The van der Waals surface area contributed by atoms with Crippen molar-refractivity contribution in [1.29, 1.82) is 0 Å². The molecular weight excluding hydrogens is 363 g/mol. The highest BCUT2D eigenvalue weighted by molar-refractivity contribution is 6.37. The molecule has 3 rings (SSSR count). The van der Waals surface area contributed by atoms with Crippen LogP contribution in [0, 0.1) is 5.92 Å². The highest BCUT2D eigenvalue weighted by atomic mass is 35.5. The maximum atomic E-state index is 12.8. The Morgan fingerprint density at radius 1 is 1.28 bits per heavy atom. The minimum atomic E-state index is -0.941. The number of hydrogen-bond acceptors (Lipinski definition) is 3. The fraction of sp³-hybridized carbons (Fsp3) is 0.474. The Kier molecular flexibility index (Phi) is 5.12. The van der Waals surface area contributed by atoms with Crippen LogP contribution in [0.5, 0.6) is 0 Å². The van der Waals surface area contributed by atoms with E-state index in [1.807, 2.05) is 6.92 Å². The van der Waals surface area contributed by atoms with E-state index in [1.165, 1.54) is 0 Å². The molecule has 1 spiro atoms. The zero-order valence-corrected chi connectivity index (χ0v) is 15.5. The van der Waals surface area contributed by atoms with E-state index in [2.05, 4.69) is 0 Å². The summed E-state index contributed by atoms with van der Waals surface area (Å²) in [5.74, 6) is -2.20. The topological polar surface area (TPSA) is 63.6 Å². The number of hydrogen-bond donors (Lipinski definition) is 1. The first-order valence-corrected chi connectivity index (χ1v) is 9.31. The van der Waals surface area contributed by atoms with Crippen molar-refractivity contribution in [3.63, 3.8) is 0 Å². The molecule has 1 aliphatic heterocycles. The van der Waals surface area contributed by atoms with Crippen LogP contribution in [0.15, 0.2) is 23.8 Å². The van der Waals surface area contributed by atoms with Crippen molar-refractivity contribution >= 4 is 40.7 Å². The number of aliphatic carboxylic acids is 1. The van der Waals surface area contributed by atoms with Crippen LogP contribution >= 0.6 is 23.2 Å². The zero-order valence-electron chi connectivity index (χ0n) is 14.0. The number of rotatable bonds is 4. The van der Waals surface area contributed by atoms with Gasteiger partial charge in [-0.2, -0.15) is 0 Å². The van der Waals surface area contributed by atoms with E-state index in [1.54, 1.807) is 18.2 Å². The Morgan fingerprint density at radius 3 is 2.52 bits per heavy atom. The first kappa shape index (κ1) is 18.3. The third-order valence-corrected chi connectivity index (χ3v) is 5.72. The quantitative estimate of drug-likeness (QED) is 0.734. The number of carboxylic acids is 1. The van der Waals surface area contributed by atoms with Crippen LogP contribution in [0.2, 0.25) is 10.0 Å². The Bertz CT molecular complexity index is 748. The predicted octanol–water partition coefficient (Wildman–Crippen LogP) is 5.12. The molecule has 6 heteroatoms. The number of carboxylic acid groups (broad SMARTS) is 1. The standard InChI is InChI=1S/C19H20Cl2O4/c1-2-12(17(22)23)16-15(13-7-6-11(20)10-14(13)21)18(24)25-19(16)8-4-3-5-9-19/h6-7,10,12H,2-5,8-9H2,1H3,(H,22,23). The van der Waals surface area contributed by atoms with E-state index < -0.39 is 23.5 Å². The fourth-order valence-electron chi connectivity index (χ4n) is 4.06. The number of benzene rings is 1. The molecule has 4 nitrogen and oxygen atoms in total. The van der Waals surface area contributed by atoms with Gasteiger partial charge < -0.3 is 9.84 Å². The minimum Gasteiger partial charge on any atom is -0.481 e. The van der Waals surface area contributed by atoms with Gasteiger partial charge in [-0.15, -0.1) is 0 Å². The number of ether oxygens (including phenoxy) is 1. The largest absolute Gasteiger partial charge is 0.481 e. The van der Waals surface area contributed by atoms with Crippen LogP contribution < -0.4 is 0 Å². The molecule has 1 saturated carbocycles. The molecule has 1 aliphatic carbocycles. The second-order valence-electron chi connectivity index (χ2n) is 6.66. The average Bonchev–Trinajstić information content (AvgIpc) is 2.81. The Morgan fingerprint density at radius 2 is 1.96 bits per heavy atom. The van der Waals surface area contributed by atoms with E-state index in [-0.39, 0.29) is 0 Å². The van der Waals surface area contributed by atoms with Gasteiger partial charge >= 0.3 is 11.9 Å². The van der Waals surface area contributed by atoms with Gasteiger partial charge in [0.25, 0.3) is 0 Å². The highest BCUT2D eigenvalue weighted by Gasteiger charge is 2.52. The summed E-state index contributed by atoms with van der Waals surface area (Å²) in [4.78, 5) is 24.7. The Labute approximate surface area is 156 Å². The summed E-state index contributed by atoms with van der Waals surface area (Å²) in [7, 11) is 0. The van der Waals surface area contributed by atoms with Crippen molar-refractivity contribution in [3.8, 4) is 0 Å². The highest BCUT2D eigenvalue weighted by Crippen LogP contribution is 2.51. The monoisotopic (exact) mass is 382 g/mol. The normalized spacial score (nSPS) is 20.7. The second kappa shape index (κ2) is 7.00. The van der Waals surface area contributed by atoms with Gasteiger partial charge in [0, 0.05) is 16.2 Å². The Balaban J connectivity index is 2.25. The molecule has 0 aromatic heterocycles. The maximum absolute atomic E-state index is 12.8. The lowest BCUT2D eigenvalue weighted by Gasteiger charge is -2.36. The smallest absolute Gasteiger partial charge is 0.339 e. The van der Waals surface area contributed by atoms with Gasteiger partial charge in [-0.1, -0.05) is 42.6 Å². The molecule has 1 heterocycles. The lowest BCUT2D eigenvalue weighted by Crippen LogP contribution is -2.38. The van der Waals surface area contributed by atoms with Crippen LogP contribution in [-0.2, 0) is 14.3 Å². The number of carbonyl (C=O) groups is 2. The summed E-state index contributed by atoms with van der Waals surface area (Å²) < 4.78 is 5.82. The maximum Gasteiger partial charge on any atom is 0.339 e. The van der Waals surface area contributed by atoms with Gasteiger partial charge in [-0.05, 0) is 44.2 Å². The predicted molar refractivity (Wildman–Crippen MR) is 96.7 cm³/mol. The van der Waals surface area contributed by atoms with Crippen LogP contribution in [-0.4, -0.2) is 22.6 Å². The lowest BCUT2D eigenvalue weighted by molar-refractivity contribution is -0.150. The lowest BCUT2D eigenvalue weighted by atomic mass is 9.72. The van der Waals surface area contributed by atoms with Crippen molar-refractivity contribution in [3.05, 3.63) is 39.4 Å². The molecule has 1 aromatic rings. The van der Waals surface area contributed by atoms with Crippen molar-refractivity contribution in [2.75, 3.05) is 0 Å². The molecule has 1 unspecified atom stereocenters. The molecule has 0 saturated heterocycles. The van der Waals surface area contributed by atoms with Crippen molar-refractivity contribution in [2.24, 2.45) is 5.92 Å². The van der Waals surface area contributed by atoms with E-state index in [0.717, 1.165) is 19.3 Å². The first-order valence-electron chi connectivity index (χ1n) is 8.56. The van der Waals surface area contributed by atoms with Crippen molar-refractivity contribution in [1.82, 2.24) is 0 Å². The van der Waals surface area contributed by atoms with Crippen LogP contribution in [0.4, 0.5) is 0 Å². The number of carbonyl (C=O) groups excluding carboxylic acids is 1. The SMILES string of the molecule is CCC(C(=O)O)C1=C(c2ccc(Cl)cc2Cl)C(=O)OC12CCCCC2. The van der Waals surface area contributed by atoms with Crippen molar-refractivity contribution in [2.45, 2.75) is 51.0 Å². The van der Waals surface area contributed by atoms with Crippen molar-refractivity contribution < 1.29 is 19.4 Å². The van der Waals surface area contributed by atoms with Gasteiger partial charge in [0.1, 0.15) is 5.60 Å². The van der Waals surface area contributed by atoms with Gasteiger partial charge in [-0.3, -0.25) is 4.79 Å². The summed E-state index contributed by atoms with van der Waals surface area (Å²) in [5.41, 5.74) is 0.564. The molecule has 1 atom stereocenters. The molecule has 1 aromatic carbocycles. The number of halogens is 2. The molecule has 1 N–H and O–H groups in total. The third kappa shape index (κ3) is 3.18. The van der Waals surface area contributed by atoms with Gasteiger partial charge in [-0.25, -0.2) is 4.79 Å². The van der Waals surface area contributed by atoms with E-state index in [0.29, 0.717) is 46.0 Å². The summed E-state index contributed by atoms with van der Waals surface area (Å²) in [6, 6.07) is 4.87. The van der Waals surface area contributed by atoms with Gasteiger partial charge in [0.2, 0.25) is 0 Å². The minimum absolute atomic E-state index is 0.304. The van der Waals surface area contributed by atoms with E-state index >= 15 is 0 Å². The molecule has 2 aliphatic rings. The number of esters is 1. The Hall–Kier alpha value is -1.52. The molecule has 0 amide bonds. The second-order valence-corrected chi connectivity index (χ2v) is 7.50. The van der Waals surface area contributed by atoms with Gasteiger partial charge in [0.15, 0.2) is 0 Å². The molecule has 0 bridgehead atoms. The molecular formula is C19H20Cl2O4. The summed E-state index contributed by atoms with van der Waals surface area (Å²) in [6.07, 6.45) is 4.59. The first-order chi connectivity index (χ1) is 11.9. The fourth-order valence-corrected chi connectivity index (χ4v) is 4.56. The average molecular weight is 383 g/mol. The zero-order chi connectivity index (χ0) is 18.2. The van der Waals surface area contributed by atoms with Crippen LogP contribution in [0.25, 0.3) is 5.57 Å². The summed E-state index contributed by atoms with van der Waals surface area (Å²) in [5, 5.41) is 10.5. The summed E-state index contributed by atoms with van der Waals surface area (Å²) in [6.45, 7) is 1.81. The molecule has 25 heavy (non-hydrogen) atoms. The molecule has 134 valence electrons. The van der Waals surface area contributed by atoms with E-state index in [4.69, 9.17) is 27.9 Å².